The molecule has 0 bridgehead atoms. The van der Waals surface area contributed by atoms with Crippen LogP contribution >= 0.6 is 11.3 Å². The number of aromatic nitrogens is 3. The van der Waals surface area contributed by atoms with Crippen molar-refractivity contribution in [1.29, 1.82) is 0 Å². The van der Waals surface area contributed by atoms with Gasteiger partial charge in [0.1, 0.15) is 6.10 Å². The Kier molecular flexibility index (Phi) is 3.96. The predicted octanol–water partition coefficient (Wildman–Crippen LogP) is 1.99. The molecule has 0 N–H and O–H groups in total. The van der Waals surface area contributed by atoms with Crippen molar-refractivity contribution in [1.82, 2.24) is 15.0 Å². The van der Waals surface area contributed by atoms with Gasteiger partial charge in [-0.1, -0.05) is 11.3 Å². The van der Waals surface area contributed by atoms with Gasteiger partial charge in [0.05, 0.1) is 19.5 Å². The van der Waals surface area contributed by atoms with Crippen LogP contribution in [0.2, 0.25) is 0 Å². The summed E-state index contributed by atoms with van der Waals surface area (Å²) in [6, 6.07) is 0. The predicted molar refractivity (Wildman–Crippen MR) is 76.6 cm³/mol. The van der Waals surface area contributed by atoms with Gasteiger partial charge in [-0.05, 0) is 0 Å². The van der Waals surface area contributed by atoms with Crippen molar-refractivity contribution >= 4 is 17.3 Å². The van der Waals surface area contributed by atoms with E-state index in [1.54, 1.807) is 25.7 Å². The average Bonchev–Trinajstić information content (AvgIpc) is 3.01. The van der Waals surface area contributed by atoms with E-state index >= 15 is 0 Å². The molecule has 0 amide bonds. The van der Waals surface area contributed by atoms with E-state index < -0.39 is 0 Å². The highest BCUT2D eigenvalue weighted by Crippen LogP contribution is 2.22. The van der Waals surface area contributed by atoms with Crippen LogP contribution in [0.25, 0.3) is 0 Å². The molecule has 0 aromatic carbocycles. The average molecular weight is 292 g/mol. The Bertz CT molecular complexity index is 524. The van der Waals surface area contributed by atoms with Gasteiger partial charge in [-0.2, -0.15) is 0 Å². The van der Waals surface area contributed by atoms with E-state index in [0.29, 0.717) is 5.75 Å². The van der Waals surface area contributed by atoms with Crippen LogP contribution in [-0.4, -0.2) is 41.3 Å². The number of piperidine rings is 1. The second kappa shape index (κ2) is 6.04. The van der Waals surface area contributed by atoms with Gasteiger partial charge >= 0.3 is 0 Å². The molecule has 106 valence electrons. The third-order valence-corrected chi connectivity index (χ3v) is 3.91. The van der Waals surface area contributed by atoms with Gasteiger partial charge in [0.25, 0.3) is 5.19 Å². The maximum atomic E-state index is 5.84. The van der Waals surface area contributed by atoms with Gasteiger partial charge in [-0.15, -0.1) is 0 Å². The number of thiazole rings is 1. The molecule has 6 nitrogen and oxygen atoms in total. The second-order valence-corrected chi connectivity index (χ2v) is 5.38. The zero-order valence-corrected chi connectivity index (χ0v) is 12.0. The van der Waals surface area contributed by atoms with Crippen LogP contribution in [0.3, 0.4) is 0 Å². The molecule has 0 atom stereocenters. The summed E-state index contributed by atoms with van der Waals surface area (Å²) in [5, 5.41) is 2.68. The number of hydrogen-bond donors (Lipinski definition) is 0. The van der Waals surface area contributed by atoms with Crippen molar-refractivity contribution in [3.05, 3.63) is 24.0 Å². The first-order chi connectivity index (χ1) is 9.85. The summed E-state index contributed by atoms with van der Waals surface area (Å²) in [5.74, 6) is 1.43. The minimum Gasteiger partial charge on any atom is -0.494 e. The molecule has 7 heteroatoms. The molecular formula is C13H16N4O2S. The Labute approximate surface area is 121 Å². The van der Waals surface area contributed by atoms with Crippen molar-refractivity contribution < 1.29 is 9.47 Å². The summed E-state index contributed by atoms with van der Waals surface area (Å²) >= 11 is 1.53. The number of ether oxygens (including phenoxy) is 2. The number of anilines is 1. The largest absolute Gasteiger partial charge is 0.494 e. The molecule has 1 aliphatic heterocycles. The van der Waals surface area contributed by atoms with Gasteiger partial charge < -0.3 is 14.4 Å². The first kappa shape index (κ1) is 13.1. The molecule has 20 heavy (non-hydrogen) atoms. The van der Waals surface area contributed by atoms with Crippen molar-refractivity contribution in [2.24, 2.45) is 0 Å². The standard InChI is InChI=1S/C13H16N4O2S/c1-18-11-8-15-12(16-9-11)17-5-2-10(3-6-17)19-13-14-4-7-20-13/h4,7-10H,2-3,5-6H2,1H3. The monoisotopic (exact) mass is 292 g/mol. The fraction of sp³-hybridized carbons (Fsp3) is 0.462. The Hall–Kier alpha value is -1.89. The molecule has 1 aliphatic rings. The van der Waals surface area contributed by atoms with Crippen molar-refractivity contribution in [3.63, 3.8) is 0 Å². The van der Waals surface area contributed by atoms with E-state index in [2.05, 4.69) is 19.9 Å². The second-order valence-electron chi connectivity index (χ2n) is 4.53. The fourth-order valence-electron chi connectivity index (χ4n) is 2.16. The van der Waals surface area contributed by atoms with Crippen LogP contribution in [0.4, 0.5) is 5.95 Å². The molecule has 3 heterocycles. The molecule has 3 rings (SSSR count). The Morgan fingerprint density at radius 1 is 1.20 bits per heavy atom. The lowest BCUT2D eigenvalue weighted by molar-refractivity contribution is 0.170. The lowest BCUT2D eigenvalue weighted by atomic mass is 10.1. The first-order valence-electron chi connectivity index (χ1n) is 6.52. The Morgan fingerprint density at radius 3 is 2.55 bits per heavy atom. The highest BCUT2D eigenvalue weighted by atomic mass is 32.1. The highest BCUT2D eigenvalue weighted by Gasteiger charge is 2.22. The fourth-order valence-corrected chi connectivity index (χ4v) is 2.71. The summed E-state index contributed by atoms with van der Waals surface area (Å²) in [6.07, 6.45) is 7.29. The van der Waals surface area contributed by atoms with E-state index in [1.807, 2.05) is 5.38 Å². The van der Waals surface area contributed by atoms with Crippen molar-refractivity contribution in [3.8, 4) is 10.9 Å². The molecule has 0 aliphatic carbocycles. The molecule has 0 saturated carbocycles. The quantitative estimate of drug-likeness (QED) is 0.859. The first-order valence-corrected chi connectivity index (χ1v) is 7.40. The smallest absolute Gasteiger partial charge is 0.273 e. The van der Waals surface area contributed by atoms with Crippen molar-refractivity contribution in [2.75, 3.05) is 25.1 Å². The van der Waals surface area contributed by atoms with E-state index in [-0.39, 0.29) is 6.10 Å². The van der Waals surface area contributed by atoms with Gasteiger partial charge in [0.2, 0.25) is 5.95 Å². The maximum Gasteiger partial charge on any atom is 0.273 e. The zero-order valence-electron chi connectivity index (χ0n) is 11.2. The molecule has 1 saturated heterocycles. The van der Waals surface area contributed by atoms with Crippen LogP contribution in [0.1, 0.15) is 12.8 Å². The van der Waals surface area contributed by atoms with Gasteiger partial charge in [0, 0.05) is 37.5 Å². The summed E-state index contributed by atoms with van der Waals surface area (Å²) in [5.41, 5.74) is 0. The number of hydrogen-bond acceptors (Lipinski definition) is 7. The molecule has 0 radical (unpaired) electrons. The lowest BCUT2D eigenvalue weighted by Gasteiger charge is -2.31. The van der Waals surface area contributed by atoms with E-state index in [9.17, 15) is 0 Å². The van der Waals surface area contributed by atoms with Crippen LogP contribution in [0, 0.1) is 0 Å². The van der Waals surface area contributed by atoms with E-state index in [0.717, 1.165) is 37.1 Å². The topological polar surface area (TPSA) is 60.4 Å². The summed E-state index contributed by atoms with van der Waals surface area (Å²) in [6.45, 7) is 1.78. The van der Waals surface area contributed by atoms with Gasteiger partial charge in [-0.25, -0.2) is 15.0 Å². The highest BCUT2D eigenvalue weighted by molar-refractivity contribution is 7.11. The number of methoxy groups -OCH3 is 1. The minimum absolute atomic E-state index is 0.232. The van der Waals surface area contributed by atoms with Crippen LogP contribution < -0.4 is 14.4 Å². The molecule has 0 spiro atoms. The Balaban J connectivity index is 1.55. The van der Waals surface area contributed by atoms with Crippen LogP contribution in [0.5, 0.6) is 10.9 Å². The molecule has 1 fully saturated rings. The Morgan fingerprint density at radius 2 is 1.95 bits per heavy atom. The lowest BCUT2D eigenvalue weighted by Crippen LogP contribution is -2.39. The third kappa shape index (κ3) is 2.98. The molecular weight excluding hydrogens is 276 g/mol. The van der Waals surface area contributed by atoms with E-state index in [4.69, 9.17) is 9.47 Å². The van der Waals surface area contributed by atoms with Crippen LogP contribution in [0.15, 0.2) is 24.0 Å². The maximum absolute atomic E-state index is 5.84. The summed E-state index contributed by atoms with van der Waals surface area (Å²) < 4.78 is 10.9. The number of rotatable bonds is 4. The van der Waals surface area contributed by atoms with Gasteiger partial charge in [0.15, 0.2) is 5.75 Å². The van der Waals surface area contributed by atoms with Crippen molar-refractivity contribution in [2.45, 2.75) is 18.9 Å². The van der Waals surface area contributed by atoms with Crippen LogP contribution in [-0.2, 0) is 0 Å². The van der Waals surface area contributed by atoms with E-state index in [1.165, 1.54) is 11.3 Å². The third-order valence-electron chi connectivity index (χ3n) is 3.25. The minimum atomic E-state index is 0.232. The normalized spacial score (nSPS) is 16.1. The molecule has 2 aromatic heterocycles. The molecule has 2 aromatic rings. The number of nitrogens with zero attached hydrogens (tertiary/aromatic N) is 4. The molecule has 0 unspecified atom stereocenters. The zero-order chi connectivity index (χ0) is 13.8. The van der Waals surface area contributed by atoms with Gasteiger partial charge in [-0.3, -0.25) is 0 Å². The summed E-state index contributed by atoms with van der Waals surface area (Å²) in [7, 11) is 1.61. The SMILES string of the molecule is COc1cnc(N2CCC(Oc3nccs3)CC2)nc1. The summed E-state index contributed by atoms with van der Waals surface area (Å²) in [4.78, 5) is 14.9.